The minimum absolute atomic E-state index is 0.111. The Labute approximate surface area is 204 Å². The van der Waals surface area contributed by atoms with E-state index in [0.29, 0.717) is 18.9 Å². The summed E-state index contributed by atoms with van der Waals surface area (Å²) in [5, 5.41) is 8.02. The maximum Gasteiger partial charge on any atom is 0.237 e. The number of nitrogens with zero attached hydrogens (tertiary/aromatic N) is 1. The molecule has 4 rings (SSSR count). The number of carbonyl (C=O) groups excluding carboxylic acids is 1. The number of rotatable bonds is 12. The molecule has 3 aromatic rings. The van der Waals surface area contributed by atoms with Crippen molar-refractivity contribution in [3.05, 3.63) is 71.4 Å². The molecule has 0 radical (unpaired) electrons. The standard InChI is InChI=1S/C29H40N4O/c1-3-22(4-2)19-31-28(18-25-20-32-27-13-8-7-12-26(25)27)29(34)30-15-9-16-33-17-14-23-10-5-6-11-24(23)21-33/h5-8,10-13,20,22,28,31-32H,3-4,9,14-19,21H2,1-2H3,(H,30,34)/t28-/m1/s1. The van der Waals surface area contributed by atoms with Crippen LogP contribution in [0.4, 0.5) is 0 Å². The number of aromatic nitrogens is 1. The second-order valence-electron chi connectivity index (χ2n) is 9.65. The van der Waals surface area contributed by atoms with E-state index in [-0.39, 0.29) is 11.9 Å². The summed E-state index contributed by atoms with van der Waals surface area (Å²) in [6.07, 6.45) is 7.10. The minimum atomic E-state index is -0.221. The number of benzene rings is 2. The molecule has 2 aromatic carbocycles. The number of carbonyl (C=O) groups is 1. The molecular formula is C29H40N4O. The van der Waals surface area contributed by atoms with Gasteiger partial charge in [0.05, 0.1) is 6.04 Å². The Kier molecular flexibility index (Phi) is 8.78. The predicted octanol–water partition coefficient (Wildman–Crippen LogP) is 4.67. The van der Waals surface area contributed by atoms with E-state index in [1.54, 1.807) is 0 Å². The molecule has 1 aliphatic heterocycles. The van der Waals surface area contributed by atoms with Gasteiger partial charge in [-0.05, 0) is 54.5 Å². The lowest BCUT2D eigenvalue weighted by Crippen LogP contribution is -2.47. The molecule has 0 saturated heterocycles. The summed E-state index contributed by atoms with van der Waals surface area (Å²) in [5.74, 6) is 0.709. The molecule has 0 spiro atoms. The first kappa shape index (κ1) is 24.5. The van der Waals surface area contributed by atoms with Crippen LogP contribution in [0.1, 0.15) is 49.8 Å². The molecule has 1 aromatic heterocycles. The van der Waals surface area contributed by atoms with Crippen LogP contribution in [0, 0.1) is 5.92 Å². The number of hydrogen-bond donors (Lipinski definition) is 3. The average Bonchev–Trinajstić information content (AvgIpc) is 3.29. The van der Waals surface area contributed by atoms with Crippen molar-refractivity contribution in [3.63, 3.8) is 0 Å². The van der Waals surface area contributed by atoms with E-state index in [1.165, 1.54) is 22.1 Å². The normalized spacial score (nSPS) is 14.9. The summed E-state index contributed by atoms with van der Waals surface area (Å²) in [7, 11) is 0. The zero-order valence-corrected chi connectivity index (χ0v) is 20.8. The van der Waals surface area contributed by atoms with Gasteiger partial charge in [0.25, 0.3) is 0 Å². The molecule has 2 heterocycles. The smallest absolute Gasteiger partial charge is 0.237 e. The van der Waals surface area contributed by atoms with Crippen molar-refractivity contribution in [3.8, 4) is 0 Å². The first-order valence-corrected chi connectivity index (χ1v) is 13.0. The van der Waals surface area contributed by atoms with E-state index in [4.69, 9.17) is 0 Å². The Morgan fingerprint density at radius 2 is 1.82 bits per heavy atom. The molecule has 5 nitrogen and oxygen atoms in total. The summed E-state index contributed by atoms with van der Waals surface area (Å²) in [6.45, 7) is 9.18. The molecule has 3 N–H and O–H groups in total. The SMILES string of the molecule is CCC(CC)CN[C@H](Cc1c[nH]c2ccccc12)C(=O)NCCCN1CCc2ccccc2C1. The van der Waals surface area contributed by atoms with Crippen molar-refractivity contribution in [1.82, 2.24) is 20.5 Å². The van der Waals surface area contributed by atoms with Crippen LogP contribution in [0.15, 0.2) is 54.7 Å². The highest BCUT2D eigenvalue weighted by atomic mass is 16.2. The molecule has 0 saturated carbocycles. The number of fused-ring (bicyclic) bond motifs is 2. The molecule has 0 fully saturated rings. The van der Waals surface area contributed by atoms with Gasteiger partial charge < -0.3 is 15.6 Å². The highest BCUT2D eigenvalue weighted by molar-refractivity contribution is 5.86. The molecule has 1 atom stereocenters. The van der Waals surface area contributed by atoms with Crippen LogP contribution in [0.25, 0.3) is 10.9 Å². The van der Waals surface area contributed by atoms with Gasteiger partial charge in [-0.25, -0.2) is 0 Å². The lowest BCUT2D eigenvalue weighted by molar-refractivity contribution is -0.123. The largest absolute Gasteiger partial charge is 0.361 e. The van der Waals surface area contributed by atoms with Crippen molar-refractivity contribution in [2.45, 2.75) is 58.5 Å². The summed E-state index contributed by atoms with van der Waals surface area (Å²) < 4.78 is 0. The lowest BCUT2D eigenvalue weighted by atomic mass is 10.00. The number of amides is 1. The molecule has 5 heteroatoms. The van der Waals surface area contributed by atoms with Crippen molar-refractivity contribution in [2.75, 3.05) is 26.2 Å². The highest BCUT2D eigenvalue weighted by Crippen LogP contribution is 2.20. The fraction of sp³-hybridized carbons (Fsp3) is 0.483. The number of hydrogen-bond acceptors (Lipinski definition) is 3. The van der Waals surface area contributed by atoms with Gasteiger partial charge in [0.15, 0.2) is 0 Å². The Morgan fingerprint density at radius 1 is 1.06 bits per heavy atom. The van der Waals surface area contributed by atoms with Crippen LogP contribution in [-0.4, -0.2) is 48.0 Å². The van der Waals surface area contributed by atoms with E-state index in [9.17, 15) is 4.79 Å². The van der Waals surface area contributed by atoms with Gasteiger partial charge >= 0.3 is 0 Å². The maximum absolute atomic E-state index is 13.2. The van der Waals surface area contributed by atoms with Crippen LogP contribution in [0.2, 0.25) is 0 Å². The number of nitrogens with one attached hydrogen (secondary N) is 3. The predicted molar refractivity (Wildman–Crippen MR) is 141 cm³/mol. The molecular weight excluding hydrogens is 420 g/mol. The fourth-order valence-electron chi connectivity index (χ4n) is 5.05. The van der Waals surface area contributed by atoms with Gasteiger partial charge in [-0.3, -0.25) is 9.69 Å². The van der Waals surface area contributed by atoms with Crippen LogP contribution in [0.3, 0.4) is 0 Å². The average molecular weight is 461 g/mol. The number of aromatic amines is 1. The summed E-state index contributed by atoms with van der Waals surface area (Å²) in [5.41, 5.74) is 5.25. The Bertz CT molecular complexity index is 1050. The zero-order valence-electron chi connectivity index (χ0n) is 20.8. The molecule has 0 unspecified atom stereocenters. The van der Waals surface area contributed by atoms with Gasteiger partial charge in [-0.1, -0.05) is 69.2 Å². The Hall–Kier alpha value is -2.63. The van der Waals surface area contributed by atoms with Crippen molar-refractivity contribution >= 4 is 16.8 Å². The second-order valence-corrected chi connectivity index (χ2v) is 9.65. The van der Waals surface area contributed by atoms with Crippen molar-refractivity contribution in [2.24, 2.45) is 5.92 Å². The first-order valence-electron chi connectivity index (χ1n) is 13.0. The Morgan fingerprint density at radius 3 is 2.65 bits per heavy atom. The van der Waals surface area contributed by atoms with Crippen LogP contribution in [0.5, 0.6) is 0 Å². The zero-order chi connectivity index (χ0) is 23.8. The van der Waals surface area contributed by atoms with Gasteiger partial charge in [-0.15, -0.1) is 0 Å². The van der Waals surface area contributed by atoms with E-state index < -0.39 is 0 Å². The third kappa shape index (κ3) is 6.28. The number of para-hydroxylation sites is 1. The molecule has 1 amide bonds. The molecule has 182 valence electrons. The lowest BCUT2D eigenvalue weighted by Gasteiger charge is -2.28. The molecule has 0 aliphatic carbocycles. The quantitative estimate of drug-likeness (QED) is 0.344. The summed E-state index contributed by atoms with van der Waals surface area (Å²) >= 11 is 0. The number of H-pyrrole nitrogens is 1. The molecule has 34 heavy (non-hydrogen) atoms. The molecule has 1 aliphatic rings. The minimum Gasteiger partial charge on any atom is -0.361 e. The van der Waals surface area contributed by atoms with Crippen molar-refractivity contribution in [1.29, 1.82) is 0 Å². The summed E-state index contributed by atoms with van der Waals surface area (Å²) in [6, 6.07) is 16.9. The first-order chi connectivity index (χ1) is 16.7. The van der Waals surface area contributed by atoms with E-state index in [1.807, 2.05) is 6.07 Å². The van der Waals surface area contributed by atoms with E-state index in [2.05, 4.69) is 83.0 Å². The van der Waals surface area contributed by atoms with Crippen LogP contribution in [-0.2, 0) is 24.2 Å². The third-order valence-corrected chi connectivity index (χ3v) is 7.38. The third-order valence-electron chi connectivity index (χ3n) is 7.38. The van der Waals surface area contributed by atoms with Crippen LogP contribution >= 0.6 is 0 Å². The summed E-state index contributed by atoms with van der Waals surface area (Å²) in [4.78, 5) is 19.1. The van der Waals surface area contributed by atoms with Gasteiger partial charge in [-0.2, -0.15) is 0 Å². The molecule has 0 bridgehead atoms. The topological polar surface area (TPSA) is 60.2 Å². The van der Waals surface area contributed by atoms with E-state index in [0.717, 1.165) is 57.4 Å². The maximum atomic E-state index is 13.2. The van der Waals surface area contributed by atoms with Crippen molar-refractivity contribution < 1.29 is 4.79 Å². The van der Waals surface area contributed by atoms with Gasteiger partial charge in [0.1, 0.15) is 0 Å². The van der Waals surface area contributed by atoms with Gasteiger partial charge in [0.2, 0.25) is 5.91 Å². The highest BCUT2D eigenvalue weighted by Gasteiger charge is 2.21. The van der Waals surface area contributed by atoms with E-state index >= 15 is 0 Å². The van der Waals surface area contributed by atoms with Gasteiger partial charge in [0, 0.05) is 43.3 Å². The second kappa shape index (κ2) is 12.2. The Balaban J connectivity index is 1.30. The monoisotopic (exact) mass is 460 g/mol. The fourth-order valence-corrected chi connectivity index (χ4v) is 5.05. The van der Waals surface area contributed by atoms with Crippen LogP contribution < -0.4 is 10.6 Å².